The van der Waals surface area contributed by atoms with E-state index in [0.29, 0.717) is 10.0 Å². The van der Waals surface area contributed by atoms with E-state index in [2.05, 4.69) is 15.9 Å². The van der Waals surface area contributed by atoms with E-state index in [4.69, 9.17) is 10.5 Å². The summed E-state index contributed by atoms with van der Waals surface area (Å²) in [6.45, 7) is 0.219. The van der Waals surface area contributed by atoms with Gasteiger partial charge in [-0.15, -0.1) is 0 Å². The molecule has 0 radical (unpaired) electrons. The topological polar surface area (TPSA) is 86.5 Å². The first-order valence-corrected chi connectivity index (χ1v) is 7.80. The maximum atomic E-state index is 11.7. The van der Waals surface area contributed by atoms with Gasteiger partial charge in [-0.05, 0) is 34.6 Å². The molecule has 0 spiro atoms. The molecular formula is C11H14BrNO4S. The van der Waals surface area contributed by atoms with Gasteiger partial charge in [0.05, 0.1) is 11.6 Å². The van der Waals surface area contributed by atoms with Crippen LogP contribution in [0.25, 0.3) is 0 Å². The molecule has 0 aliphatic carbocycles. The number of rotatable bonds is 5. The van der Waals surface area contributed by atoms with E-state index in [9.17, 15) is 13.2 Å². The average molecular weight is 336 g/mol. The third kappa shape index (κ3) is 3.30. The van der Waals surface area contributed by atoms with Crippen LogP contribution in [0.4, 0.5) is 0 Å². The summed E-state index contributed by atoms with van der Waals surface area (Å²) in [7, 11) is -2.11. The summed E-state index contributed by atoms with van der Waals surface area (Å²) in [5.74, 6) is -0.00690. The van der Waals surface area contributed by atoms with Crippen LogP contribution in [0.1, 0.15) is 16.8 Å². The average Bonchev–Trinajstić information content (AvgIpc) is 2.27. The highest BCUT2D eigenvalue weighted by Gasteiger charge is 2.20. The number of ether oxygens (including phenoxy) is 1. The molecule has 1 rings (SSSR count). The number of carbonyl (C=O) groups excluding carboxylic acids is 1. The minimum Gasteiger partial charge on any atom is -0.494 e. The van der Waals surface area contributed by atoms with E-state index in [1.165, 1.54) is 19.2 Å². The van der Waals surface area contributed by atoms with Crippen molar-refractivity contribution in [1.29, 1.82) is 0 Å². The van der Waals surface area contributed by atoms with E-state index in [1.54, 1.807) is 0 Å². The van der Waals surface area contributed by atoms with E-state index >= 15 is 0 Å². The highest BCUT2D eigenvalue weighted by Crippen LogP contribution is 2.34. The summed E-state index contributed by atoms with van der Waals surface area (Å²) in [5.41, 5.74) is 5.61. The predicted octanol–water partition coefficient (Wildman–Crippen LogP) is 1.39. The fourth-order valence-corrected chi connectivity index (χ4v) is 3.10. The van der Waals surface area contributed by atoms with Crippen molar-refractivity contribution in [2.24, 2.45) is 5.73 Å². The lowest BCUT2D eigenvalue weighted by Crippen LogP contribution is -2.10. The van der Waals surface area contributed by atoms with Crippen molar-refractivity contribution < 1.29 is 17.9 Å². The van der Waals surface area contributed by atoms with Crippen molar-refractivity contribution in [2.75, 3.05) is 19.9 Å². The van der Waals surface area contributed by atoms with Gasteiger partial charge in [0.25, 0.3) is 0 Å². The molecule has 2 N–H and O–H groups in total. The minimum absolute atomic E-state index is 0.0141. The van der Waals surface area contributed by atoms with Gasteiger partial charge in [-0.3, -0.25) is 4.79 Å². The molecule has 0 aliphatic heterocycles. The normalized spacial score (nSPS) is 11.3. The van der Waals surface area contributed by atoms with Gasteiger partial charge in [-0.2, -0.15) is 0 Å². The van der Waals surface area contributed by atoms with E-state index in [1.807, 2.05) is 0 Å². The molecule has 100 valence electrons. The van der Waals surface area contributed by atoms with Crippen LogP contribution in [-0.2, 0) is 9.84 Å². The van der Waals surface area contributed by atoms with Crippen molar-refractivity contribution in [2.45, 2.75) is 11.3 Å². The predicted molar refractivity (Wildman–Crippen MR) is 71.8 cm³/mol. The third-order valence-corrected chi connectivity index (χ3v) is 4.00. The summed E-state index contributed by atoms with van der Waals surface area (Å²) < 4.78 is 28.8. The fourth-order valence-electron chi connectivity index (χ4n) is 1.48. The minimum atomic E-state index is -3.48. The Labute approximate surface area is 114 Å². The molecular weight excluding hydrogens is 322 g/mol. The first kappa shape index (κ1) is 15.1. The second kappa shape index (κ2) is 5.81. The Morgan fingerprint density at radius 1 is 1.44 bits per heavy atom. The Morgan fingerprint density at radius 2 is 2.06 bits per heavy atom. The van der Waals surface area contributed by atoms with Gasteiger partial charge in [0.15, 0.2) is 21.4 Å². The van der Waals surface area contributed by atoms with Crippen LogP contribution in [0.5, 0.6) is 5.75 Å². The zero-order valence-corrected chi connectivity index (χ0v) is 12.5. The molecule has 0 saturated heterocycles. The molecule has 0 aliphatic rings. The zero-order chi connectivity index (χ0) is 13.9. The maximum Gasteiger partial charge on any atom is 0.179 e. The largest absolute Gasteiger partial charge is 0.494 e. The van der Waals surface area contributed by atoms with Gasteiger partial charge in [0.1, 0.15) is 4.90 Å². The van der Waals surface area contributed by atoms with Crippen LogP contribution >= 0.6 is 15.9 Å². The molecule has 0 heterocycles. The monoisotopic (exact) mass is 335 g/mol. The quantitative estimate of drug-likeness (QED) is 0.821. The smallest absolute Gasteiger partial charge is 0.179 e. The van der Waals surface area contributed by atoms with Crippen LogP contribution in [0.15, 0.2) is 21.5 Å². The molecule has 0 bridgehead atoms. The number of halogens is 1. The number of methoxy groups -OCH3 is 1. The third-order valence-electron chi connectivity index (χ3n) is 2.31. The number of carbonyl (C=O) groups is 1. The van der Waals surface area contributed by atoms with E-state index in [0.717, 1.165) is 6.26 Å². The molecule has 0 atom stereocenters. The van der Waals surface area contributed by atoms with Gasteiger partial charge < -0.3 is 10.5 Å². The lowest BCUT2D eigenvalue weighted by molar-refractivity contribution is 0.0985. The maximum absolute atomic E-state index is 11.7. The van der Waals surface area contributed by atoms with E-state index in [-0.39, 0.29) is 29.4 Å². The molecule has 0 unspecified atom stereocenters. The summed E-state index contributed by atoms with van der Waals surface area (Å²) in [6, 6.07) is 2.85. The lowest BCUT2D eigenvalue weighted by atomic mass is 10.1. The Kier molecular flexibility index (Phi) is 4.89. The Hall–Kier alpha value is -0.920. The van der Waals surface area contributed by atoms with Crippen LogP contribution in [0.2, 0.25) is 0 Å². The molecule has 0 aromatic heterocycles. The molecule has 1 aromatic carbocycles. The van der Waals surface area contributed by atoms with E-state index < -0.39 is 9.84 Å². The molecule has 1 aromatic rings. The lowest BCUT2D eigenvalue weighted by Gasteiger charge is -2.11. The first-order valence-electron chi connectivity index (χ1n) is 5.12. The molecule has 7 heteroatoms. The van der Waals surface area contributed by atoms with Crippen molar-refractivity contribution in [1.82, 2.24) is 0 Å². The van der Waals surface area contributed by atoms with Gasteiger partial charge in [-0.25, -0.2) is 8.42 Å². The Morgan fingerprint density at radius 3 is 2.50 bits per heavy atom. The van der Waals surface area contributed by atoms with Gasteiger partial charge in [-0.1, -0.05) is 0 Å². The summed E-state index contributed by atoms with van der Waals surface area (Å²) in [5, 5.41) is 0. The molecule has 0 amide bonds. The highest BCUT2D eigenvalue weighted by molar-refractivity contribution is 9.10. The van der Waals surface area contributed by atoms with Crippen LogP contribution in [0, 0.1) is 0 Å². The number of nitrogens with two attached hydrogens (primary N) is 1. The number of Topliss-reactive ketones (excluding diaryl/α,β-unsaturated/α-hetero) is 1. The molecule has 5 nitrogen and oxygen atoms in total. The number of hydrogen-bond acceptors (Lipinski definition) is 5. The van der Waals surface area contributed by atoms with Crippen molar-refractivity contribution >= 4 is 31.6 Å². The molecule has 0 saturated carbocycles. The Balaban J connectivity index is 3.45. The van der Waals surface area contributed by atoms with Crippen LogP contribution < -0.4 is 10.5 Å². The van der Waals surface area contributed by atoms with Crippen molar-refractivity contribution in [3.8, 4) is 5.75 Å². The van der Waals surface area contributed by atoms with Crippen LogP contribution in [0.3, 0.4) is 0 Å². The van der Waals surface area contributed by atoms with Crippen molar-refractivity contribution in [3.63, 3.8) is 0 Å². The first-order chi connectivity index (χ1) is 8.31. The van der Waals surface area contributed by atoms with Crippen molar-refractivity contribution in [3.05, 3.63) is 22.2 Å². The molecule has 18 heavy (non-hydrogen) atoms. The summed E-state index contributed by atoms with van der Waals surface area (Å²) in [4.78, 5) is 11.7. The highest BCUT2D eigenvalue weighted by atomic mass is 79.9. The number of benzene rings is 1. The molecule has 0 fully saturated rings. The van der Waals surface area contributed by atoms with Gasteiger partial charge in [0.2, 0.25) is 0 Å². The van der Waals surface area contributed by atoms with Crippen LogP contribution in [-0.4, -0.2) is 34.1 Å². The summed E-state index contributed by atoms with van der Waals surface area (Å²) in [6.07, 6.45) is 1.23. The number of ketones is 1. The number of sulfone groups is 1. The standard InChI is InChI=1S/C11H14BrNO4S/c1-17-11-8(12)5-7(9(14)3-4-13)6-10(11)18(2,15)16/h5-6H,3-4,13H2,1-2H3. The fraction of sp³-hybridized carbons (Fsp3) is 0.364. The number of hydrogen-bond donors (Lipinski definition) is 1. The Bertz CT molecular complexity index is 569. The second-order valence-electron chi connectivity index (χ2n) is 3.72. The van der Waals surface area contributed by atoms with Gasteiger partial charge in [0, 0.05) is 18.2 Å². The SMILES string of the molecule is COc1c(Br)cc(C(=O)CCN)cc1S(C)(=O)=O. The summed E-state index contributed by atoms with van der Waals surface area (Å²) >= 11 is 3.20. The zero-order valence-electron chi connectivity index (χ0n) is 10.1. The van der Waals surface area contributed by atoms with Gasteiger partial charge >= 0.3 is 0 Å². The second-order valence-corrected chi connectivity index (χ2v) is 6.56.